The number of nitrogens with two attached hydrogens (primary N) is 1. The Morgan fingerprint density at radius 1 is 1.56 bits per heavy atom. The third-order valence-electron chi connectivity index (χ3n) is 2.91. The standard InChI is InChI=1S/C10H18N4O3S/c1-10(2,18(4,16)17)6-12-9(15)7-5-13-14(3)8(7)11/h5H,6,11H2,1-4H3,(H,12,15). The average molecular weight is 274 g/mol. The van der Waals surface area contributed by atoms with Gasteiger partial charge in [0.15, 0.2) is 9.84 Å². The minimum atomic E-state index is -3.25. The lowest BCUT2D eigenvalue weighted by Gasteiger charge is -2.22. The monoisotopic (exact) mass is 274 g/mol. The van der Waals surface area contributed by atoms with Crippen molar-refractivity contribution in [2.45, 2.75) is 18.6 Å². The maximum absolute atomic E-state index is 11.8. The molecular weight excluding hydrogens is 256 g/mol. The lowest BCUT2D eigenvalue weighted by atomic mass is 10.2. The summed E-state index contributed by atoms with van der Waals surface area (Å²) in [5.74, 6) is -0.193. The van der Waals surface area contributed by atoms with E-state index < -0.39 is 20.5 Å². The number of hydrogen-bond acceptors (Lipinski definition) is 5. The molecule has 3 N–H and O–H groups in total. The van der Waals surface area contributed by atoms with Gasteiger partial charge in [-0.2, -0.15) is 5.10 Å². The van der Waals surface area contributed by atoms with Gasteiger partial charge in [0.25, 0.3) is 5.91 Å². The maximum Gasteiger partial charge on any atom is 0.256 e. The van der Waals surface area contributed by atoms with Crippen LogP contribution in [0.3, 0.4) is 0 Å². The van der Waals surface area contributed by atoms with E-state index in [1.165, 1.54) is 10.9 Å². The third-order valence-corrected chi connectivity index (χ3v) is 5.06. The minimum absolute atomic E-state index is 0.0129. The molecule has 0 fully saturated rings. The Labute approximate surface area is 106 Å². The molecule has 0 radical (unpaired) electrons. The first-order valence-electron chi connectivity index (χ1n) is 5.31. The molecule has 1 aromatic heterocycles. The smallest absolute Gasteiger partial charge is 0.256 e. The number of nitrogens with zero attached hydrogens (tertiary/aromatic N) is 2. The summed E-state index contributed by atoms with van der Waals surface area (Å²) >= 11 is 0. The van der Waals surface area contributed by atoms with Gasteiger partial charge in [-0.3, -0.25) is 9.48 Å². The fourth-order valence-electron chi connectivity index (χ4n) is 1.14. The van der Waals surface area contributed by atoms with E-state index >= 15 is 0 Å². The molecule has 0 aliphatic carbocycles. The van der Waals surface area contributed by atoms with E-state index in [4.69, 9.17) is 5.73 Å². The molecule has 18 heavy (non-hydrogen) atoms. The van der Waals surface area contributed by atoms with E-state index in [1.807, 2.05) is 0 Å². The number of nitrogen functional groups attached to an aromatic ring is 1. The normalized spacial score (nSPS) is 12.4. The SMILES string of the molecule is Cn1ncc(C(=O)NCC(C)(C)S(C)(=O)=O)c1N. The van der Waals surface area contributed by atoms with Crippen molar-refractivity contribution in [1.29, 1.82) is 0 Å². The highest BCUT2D eigenvalue weighted by atomic mass is 32.2. The number of anilines is 1. The molecule has 1 heterocycles. The lowest BCUT2D eigenvalue weighted by molar-refractivity contribution is 0.0951. The lowest BCUT2D eigenvalue weighted by Crippen LogP contribution is -2.43. The van der Waals surface area contributed by atoms with Crippen LogP contribution in [-0.4, -0.2) is 41.7 Å². The Bertz CT molecular complexity index is 560. The number of carbonyl (C=O) groups excluding carboxylic acids is 1. The van der Waals surface area contributed by atoms with Crippen LogP contribution in [0.2, 0.25) is 0 Å². The Morgan fingerprint density at radius 3 is 2.50 bits per heavy atom. The van der Waals surface area contributed by atoms with E-state index in [9.17, 15) is 13.2 Å². The van der Waals surface area contributed by atoms with E-state index in [2.05, 4.69) is 10.4 Å². The molecule has 0 aromatic carbocycles. The van der Waals surface area contributed by atoms with Crippen LogP contribution in [0.25, 0.3) is 0 Å². The van der Waals surface area contributed by atoms with Crippen molar-refractivity contribution >= 4 is 21.6 Å². The molecule has 102 valence electrons. The van der Waals surface area contributed by atoms with Crippen LogP contribution in [0.4, 0.5) is 5.82 Å². The molecule has 0 atom stereocenters. The molecule has 0 spiro atoms. The molecule has 1 rings (SSSR count). The highest BCUT2D eigenvalue weighted by Gasteiger charge is 2.31. The second-order valence-corrected chi connectivity index (χ2v) is 7.43. The summed E-state index contributed by atoms with van der Waals surface area (Å²) in [6, 6.07) is 0. The Kier molecular flexibility index (Phi) is 3.70. The largest absolute Gasteiger partial charge is 0.383 e. The first kappa shape index (κ1) is 14.5. The summed E-state index contributed by atoms with van der Waals surface area (Å²) in [5, 5.41) is 6.39. The van der Waals surface area contributed by atoms with Crippen LogP contribution in [0.15, 0.2) is 6.20 Å². The predicted octanol–water partition coefficient (Wildman–Crippen LogP) is -0.445. The van der Waals surface area contributed by atoms with E-state index in [-0.39, 0.29) is 17.9 Å². The van der Waals surface area contributed by atoms with Gasteiger partial charge in [0, 0.05) is 19.8 Å². The van der Waals surface area contributed by atoms with Crippen molar-refractivity contribution in [2.75, 3.05) is 18.5 Å². The molecule has 8 heteroatoms. The van der Waals surface area contributed by atoms with Gasteiger partial charge in [0.1, 0.15) is 11.4 Å². The maximum atomic E-state index is 11.8. The number of hydrogen-bond donors (Lipinski definition) is 2. The molecule has 0 saturated heterocycles. The number of amides is 1. The van der Waals surface area contributed by atoms with Crippen LogP contribution in [-0.2, 0) is 16.9 Å². The zero-order valence-electron chi connectivity index (χ0n) is 10.9. The van der Waals surface area contributed by atoms with Crippen molar-refractivity contribution < 1.29 is 13.2 Å². The predicted molar refractivity (Wildman–Crippen MR) is 68.9 cm³/mol. The molecule has 1 amide bonds. The summed E-state index contributed by atoms with van der Waals surface area (Å²) in [6.45, 7) is 3.11. The minimum Gasteiger partial charge on any atom is -0.383 e. The zero-order chi connectivity index (χ0) is 14.1. The van der Waals surface area contributed by atoms with E-state index in [1.54, 1.807) is 20.9 Å². The zero-order valence-corrected chi connectivity index (χ0v) is 11.7. The summed E-state index contributed by atoms with van der Waals surface area (Å²) in [5.41, 5.74) is 5.89. The molecule has 0 aliphatic rings. The highest BCUT2D eigenvalue weighted by molar-refractivity contribution is 7.92. The number of carbonyl (C=O) groups is 1. The van der Waals surface area contributed by atoms with Crippen LogP contribution in [0.1, 0.15) is 24.2 Å². The van der Waals surface area contributed by atoms with Gasteiger partial charge in [0.2, 0.25) is 0 Å². The molecule has 0 bridgehead atoms. The average Bonchev–Trinajstić information content (AvgIpc) is 2.55. The summed E-state index contributed by atoms with van der Waals surface area (Å²) < 4.78 is 23.3. The molecule has 0 saturated carbocycles. The number of aromatic nitrogens is 2. The van der Waals surface area contributed by atoms with Crippen molar-refractivity contribution in [2.24, 2.45) is 7.05 Å². The van der Waals surface area contributed by atoms with Gasteiger partial charge in [0.05, 0.1) is 10.9 Å². The van der Waals surface area contributed by atoms with Crippen LogP contribution >= 0.6 is 0 Å². The second kappa shape index (κ2) is 4.60. The quantitative estimate of drug-likeness (QED) is 0.773. The van der Waals surface area contributed by atoms with Crippen molar-refractivity contribution in [1.82, 2.24) is 15.1 Å². The molecule has 1 aromatic rings. The summed E-state index contributed by atoms with van der Waals surface area (Å²) in [7, 11) is -1.63. The van der Waals surface area contributed by atoms with Crippen LogP contribution in [0.5, 0.6) is 0 Å². The second-order valence-electron chi connectivity index (χ2n) is 4.78. The Balaban J connectivity index is 2.77. The number of nitrogens with one attached hydrogen (secondary N) is 1. The van der Waals surface area contributed by atoms with Gasteiger partial charge in [-0.25, -0.2) is 8.42 Å². The number of rotatable bonds is 4. The summed E-state index contributed by atoms with van der Waals surface area (Å²) in [4.78, 5) is 11.8. The van der Waals surface area contributed by atoms with Gasteiger partial charge in [-0.05, 0) is 13.8 Å². The Hall–Kier alpha value is -1.57. The van der Waals surface area contributed by atoms with E-state index in [0.29, 0.717) is 0 Å². The van der Waals surface area contributed by atoms with Crippen molar-refractivity contribution in [3.05, 3.63) is 11.8 Å². The molecular formula is C10H18N4O3S. The van der Waals surface area contributed by atoms with Gasteiger partial charge < -0.3 is 11.1 Å². The van der Waals surface area contributed by atoms with Crippen molar-refractivity contribution in [3.8, 4) is 0 Å². The first-order chi connectivity index (χ1) is 8.06. The first-order valence-corrected chi connectivity index (χ1v) is 7.20. The molecule has 0 unspecified atom stereocenters. The number of sulfone groups is 1. The van der Waals surface area contributed by atoms with Crippen LogP contribution < -0.4 is 11.1 Å². The third kappa shape index (κ3) is 2.81. The highest BCUT2D eigenvalue weighted by Crippen LogP contribution is 2.14. The molecule has 0 aliphatic heterocycles. The van der Waals surface area contributed by atoms with Gasteiger partial charge >= 0.3 is 0 Å². The van der Waals surface area contributed by atoms with Gasteiger partial charge in [-0.15, -0.1) is 0 Å². The fourth-order valence-corrected chi connectivity index (χ4v) is 1.48. The Morgan fingerprint density at radius 2 is 2.11 bits per heavy atom. The van der Waals surface area contributed by atoms with E-state index in [0.717, 1.165) is 6.26 Å². The van der Waals surface area contributed by atoms with Gasteiger partial charge in [-0.1, -0.05) is 0 Å². The molecule has 7 nitrogen and oxygen atoms in total. The summed E-state index contributed by atoms with van der Waals surface area (Å²) in [6.07, 6.45) is 2.48. The number of aryl methyl sites for hydroxylation is 1. The topological polar surface area (TPSA) is 107 Å². The van der Waals surface area contributed by atoms with Crippen LogP contribution in [0, 0.1) is 0 Å². The van der Waals surface area contributed by atoms with Crippen molar-refractivity contribution in [3.63, 3.8) is 0 Å². The fraction of sp³-hybridized carbons (Fsp3) is 0.600.